The summed E-state index contributed by atoms with van der Waals surface area (Å²) in [5.74, 6) is -2.85. The van der Waals surface area contributed by atoms with Gasteiger partial charge in [0.1, 0.15) is 5.57 Å². The lowest BCUT2D eigenvalue weighted by molar-refractivity contribution is -0.145. The summed E-state index contributed by atoms with van der Waals surface area (Å²) in [4.78, 5) is 19.8. The smallest absolute Gasteiger partial charge is 0.423 e. The SMILES string of the molecule is C=C(C)C(=O)O.CCC(C)=C(C(=O)O)C(F)(F)F. The summed E-state index contributed by atoms with van der Waals surface area (Å²) in [6.45, 7) is 7.24. The van der Waals surface area contributed by atoms with Crippen LogP contribution in [0.25, 0.3) is 0 Å². The highest BCUT2D eigenvalue weighted by molar-refractivity contribution is 5.88. The van der Waals surface area contributed by atoms with Crippen LogP contribution in [0.3, 0.4) is 0 Å². The maximum absolute atomic E-state index is 12.0. The lowest BCUT2D eigenvalue weighted by Crippen LogP contribution is -2.21. The Morgan fingerprint density at radius 1 is 1.11 bits per heavy atom. The number of carbonyl (C=O) groups is 2. The van der Waals surface area contributed by atoms with Crippen LogP contribution in [0.4, 0.5) is 13.2 Å². The van der Waals surface area contributed by atoms with Gasteiger partial charge in [-0.1, -0.05) is 19.1 Å². The van der Waals surface area contributed by atoms with Crippen LogP contribution < -0.4 is 0 Å². The van der Waals surface area contributed by atoms with Crippen molar-refractivity contribution in [1.82, 2.24) is 0 Å². The minimum absolute atomic E-state index is 0.0845. The zero-order valence-electron chi connectivity index (χ0n) is 10.3. The summed E-state index contributed by atoms with van der Waals surface area (Å²) in [6.07, 6.45) is -4.67. The molecule has 0 radical (unpaired) electrons. The van der Waals surface area contributed by atoms with Gasteiger partial charge in [0, 0.05) is 5.57 Å². The van der Waals surface area contributed by atoms with Crippen LogP contribution in [0.5, 0.6) is 0 Å². The van der Waals surface area contributed by atoms with E-state index in [1.807, 2.05) is 0 Å². The molecule has 0 amide bonds. The van der Waals surface area contributed by atoms with Crippen molar-refractivity contribution in [3.05, 3.63) is 23.3 Å². The van der Waals surface area contributed by atoms with Gasteiger partial charge in [0.15, 0.2) is 0 Å². The Balaban J connectivity index is 0. The van der Waals surface area contributed by atoms with Crippen molar-refractivity contribution in [2.24, 2.45) is 0 Å². The summed E-state index contributed by atoms with van der Waals surface area (Å²) < 4.78 is 35.9. The summed E-state index contributed by atoms with van der Waals surface area (Å²) in [5.41, 5.74) is -1.44. The second-order valence-corrected chi connectivity index (χ2v) is 3.40. The molecule has 0 aliphatic carbocycles. The van der Waals surface area contributed by atoms with Gasteiger partial charge in [-0.05, 0) is 20.3 Å². The van der Waals surface area contributed by atoms with E-state index in [1.165, 1.54) is 13.8 Å². The first-order valence-corrected chi connectivity index (χ1v) is 4.84. The first kappa shape index (κ1) is 18.6. The lowest BCUT2D eigenvalue weighted by atomic mass is 10.1. The second kappa shape index (κ2) is 7.52. The minimum Gasteiger partial charge on any atom is -0.478 e. The van der Waals surface area contributed by atoms with Gasteiger partial charge in [0.05, 0.1) is 0 Å². The largest absolute Gasteiger partial charge is 0.478 e. The number of halogens is 3. The summed E-state index contributed by atoms with van der Waals surface area (Å²) in [7, 11) is 0. The van der Waals surface area contributed by atoms with E-state index in [0.717, 1.165) is 6.92 Å². The van der Waals surface area contributed by atoms with E-state index in [-0.39, 0.29) is 17.6 Å². The first-order chi connectivity index (χ1) is 7.95. The number of allylic oxidation sites excluding steroid dienone is 1. The monoisotopic (exact) mass is 268 g/mol. The van der Waals surface area contributed by atoms with E-state index < -0.39 is 23.7 Å². The van der Waals surface area contributed by atoms with Gasteiger partial charge >= 0.3 is 18.1 Å². The Bertz CT molecular complexity index is 355. The van der Waals surface area contributed by atoms with Crippen molar-refractivity contribution in [2.45, 2.75) is 33.4 Å². The molecule has 2 N–H and O–H groups in total. The molecule has 7 heteroatoms. The predicted octanol–water partition coefficient (Wildman–Crippen LogP) is 3.01. The highest BCUT2D eigenvalue weighted by Crippen LogP contribution is 2.29. The number of rotatable bonds is 3. The van der Waals surface area contributed by atoms with E-state index >= 15 is 0 Å². The molecule has 0 aliphatic rings. The number of carboxylic acids is 2. The Morgan fingerprint density at radius 2 is 1.44 bits per heavy atom. The number of hydrogen-bond acceptors (Lipinski definition) is 2. The molecule has 0 unspecified atom stereocenters. The molecular formula is C11H15F3O4. The van der Waals surface area contributed by atoms with E-state index in [0.29, 0.717) is 0 Å². The van der Waals surface area contributed by atoms with Gasteiger partial charge in [0.2, 0.25) is 0 Å². The summed E-state index contributed by atoms with van der Waals surface area (Å²) in [5, 5.41) is 16.1. The van der Waals surface area contributed by atoms with Crippen LogP contribution in [0, 0.1) is 0 Å². The molecule has 0 aromatic carbocycles. The summed E-state index contributed by atoms with van der Waals surface area (Å²) in [6, 6.07) is 0. The van der Waals surface area contributed by atoms with Crippen LogP contribution >= 0.6 is 0 Å². The molecule has 0 atom stereocenters. The number of hydrogen-bond donors (Lipinski definition) is 2. The van der Waals surface area contributed by atoms with Crippen molar-refractivity contribution < 1.29 is 33.0 Å². The Morgan fingerprint density at radius 3 is 1.50 bits per heavy atom. The zero-order valence-corrected chi connectivity index (χ0v) is 10.3. The average Bonchev–Trinajstić information content (AvgIpc) is 2.15. The Labute approximate surface area is 102 Å². The van der Waals surface area contributed by atoms with Gasteiger partial charge in [-0.15, -0.1) is 0 Å². The van der Waals surface area contributed by atoms with Crippen molar-refractivity contribution >= 4 is 11.9 Å². The van der Waals surface area contributed by atoms with Crippen molar-refractivity contribution in [3.8, 4) is 0 Å². The number of alkyl halides is 3. The zero-order chi connectivity index (χ0) is 15.1. The van der Waals surface area contributed by atoms with E-state index in [9.17, 15) is 22.8 Å². The van der Waals surface area contributed by atoms with Crippen LogP contribution in [-0.4, -0.2) is 28.3 Å². The topological polar surface area (TPSA) is 74.6 Å². The molecule has 0 saturated carbocycles. The van der Waals surface area contributed by atoms with Gasteiger partial charge in [0.25, 0.3) is 0 Å². The van der Waals surface area contributed by atoms with E-state index in [4.69, 9.17) is 10.2 Å². The molecule has 0 saturated heterocycles. The van der Waals surface area contributed by atoms with Crippen LogP contribution in [0.15, 0.2) is 23.3 Å². The molecule has 18 heavy (non-hydrogen) atoms. The minimum atomic E-state index is -4.76. The summed E-state index contributed by atoms with van der Waals surface area (Å²) >= 11 is 0. The average molecular weight is 268 g/mol. The fraction of sp³-hybridized carbons (Fsp3) is 0.455. The fourth-order valence-electron chi connectivity index (χ4n) is 0.723. The molecule has 0 fully saturated rings. The highest BCUT2D eigenvalue weighted by atomic mass is 19.4. The second-order valence-electron chi connectivity index (χ2n) is 3.40. The Kier molecular flexibility index (Phi) is 7.76. The predicted molar refractivity (Wildman–Crippen MR) is 59.1 cm³/mol. The maximum atomic E-state index is 12.0. The number of carboxylic acid groups (broad SMARTS) is 2. The maximum Gasteiger partial charge on any atom is 0.423 e. The third-order valence-electron chi connectivity index (χ3n) is 1.82. The molecule has 0 heterocycles. The molecule has 4 nitrogen and oxygen atoms in total. The van der Waals surface area contributed by atoms with Gasteiger partial charge in [-0.25, -0.2) is 9.59 Å². The molecule has 0 aliphatic heterocycles. The third kappa shape index (κ3) is 7.48. The van der Waals surface area contributed by atoms with Crippen molar-refractivity contribution in [2.75, 3.05) is 0 Å². The van der Waals surface area contributed by atoms with Gasteiger partial charge in [-0.2, -0.15) is 13.2 Å². The standard InChI is InChI=1S/C7H9F3O2.C4H6O2/c1-3-4(2)5(6(11)12)7(8,9)10;1-3(2)4(5)6/h3H2,1-2H3,(H,11,12);1H2,2H3,(H,5,6). The van der Waals surface area contributed by atoms with Crippen LogP contribution in [0.1, 0.15) is 27.2 Å². The molecule has 0 rings (SSSR count). The highest BCUT2D eigenvalue weighted by Gasteiger charge is 2.39. The third-order valence-corrected chi connectivity index (χ3v) is 1.82. The molecular weight excluding hydrogens is 253 g/mol. The van der Waals surface area contributed by atoms with E-state index in [1.54, 1.807) is 0 Å². The van der Waals surface area contributed by atoms with Gasteiger partial charge < -0.3 is 10.2 Å². The normalized spacial score (nSPS) is 11.9. The first-order valence-electron chi connectivity index (χ1n) is 4.84. The lowest BCUT2D eigenvalue weighted by Gasteiger charge is -2.09. The molecule has 0 bridgehead atoms. The van der Waals surface area contributed by atoms with Crippen molar-refractivity contribution in [1.29, 1.82) is 0 Å². The quantitative estimate of drug-likeness (QED) is 0.771. The molecule has 104 valence electrons. The number of aliphatic carboxylic acids is 2. The van der Waals surface area contributed by atoms with Gasteiger partial charge in [-0.3, -0.25) is 0 Å². The molecule has 0 aromatic heterocycles. The van der Waals surface area contributed by atoms with Crippen molar-refractivity contribution in [3.63, 3.8) is 0 Å². The molecule has 0 spiro atoms. The van der Waals surface area contributed by atoms with Crippen LogP contribution in [-0.2, 0) is 9.59 Å². The molecule has 0 aromatic rings. The fourth-order valence-corrected chi connectivity index (χ4v) is 0.723. The van der Waals surface area contributed by atoms with E-state index in [2.05, 4.69) is 6.58 Å². The van der Waals surface area contributed by atoms with Crippen LogP contribution in [0.2, 0.25) is 0 Å². The Hall–Kier alpha value is -1.79.